The van der Waals surface area contributed by atoms with Gasteiger partial charge in [-0.25, -0.2) is 0 Å². The minimum absolute atomic E-state index is 0.0234. The quantitative estimate of drug-likeness (QED) is 0.457. The summed E-state index contributed by atoms with van der Waals surface area (Å²) in [5.41, 5.74) is 0.661. The fourth-order valence-electron chi connectivity index (χ4n) is 10.5. The molecule has 4 fully saturated rings. The Labute approximate surface area is 206 Å². The van der Waals surface area contributed by atoms with Gasteiger partial charge in [0, 0.05) is 23.9 Å². The van der Waals surface area contributed by atoms with E-state index in [9.17, 15) is 19.8 Å². The predicted molar refractivity (Wildman–Crippen MR) is 133 cm³/mol. The lowest BCUT2D eigenvalue weighted by Gasteiger charge is -2.70. The van der Waals surface area contributed by atoms with Gasteiger partial charge in [-0.15, -0.1) is 0 Å². The Hall–Kier alpha value is -1.16. The summed E-state index contributed by atoms with van der Waals surface area (Å²) in [6.07, 6.45) is 11.7. The first-order chi connectivity index (χ1) is 15.7. The molecule has 0 unspecified atom stereocenters. The molecule has 8 atom stereocenters. The molecular weight excluding hydrogens is 424 g/mol. The normalized spacial score (nSPS) is 51.9. The number of fused-ring (bicyclic) bond motifs is 7. The van der Waals surface area contributed by atoms with Crippen LogP contribution in [0.4, 0.5) is 0 Å². The molecule has 0 heterocycles. The molecule has 5 rings (SSSR count). The van der Waals surface area contributed by atoms with Gasteiger partial charge in [0.2, 0.25) is 0 Å². The zero-order valence-corrected chi connectivity index (χ0v) is 22.3. The first-order valence-corrected chi connectivity index (χ1v) is 13.8. The summed E-state index contributed by atoms with van der Waals surface area (Å²) in [7, 11) is 0. The highest BCUT2D eigenvalue weighted by atomic mass is 16.4. The van der Waals surface area contributed by atoms with Crippen LogP contribution in [0.2, 0.25) is 0 Å². The van der Waals surface area contributed by atoms with Crippen molar-refractivity contribution in [3.8, 4) is 0 Å². The molecule has 5 aliphatic rings. The number of allylic oxidation sites excluding steroid dienone is 2. The van der Waals surface area contributed by atoms with E-state index in [0.717, 1.165) is 44.9 Å². The number of aliphatic carboxylic acids is 1. The Morgan fingerprint density at radius 1 is 0.971 bits per heavy atom. The van der Waals surface area contributed by atoms with Crippen molar-refractivity contribution in [3.05, 3.63) is 11.6 Å². The maximum Gasteiger partial charge on any atom is 0.309 e. The Morgan fingerprint density at radius 3 is 2.29 bits per heavy atom. The summed E-state index contributed by atoms with van der Waals surface area (Å²) in [4.78, 5) is 25.2. The van der Waals surface area contributed by atoms with Gasteiger partial charge in [-0.1, -0.05) is 46.3 Å². The van der Waals surface area contributed by atoms with E-state index in [0.29, 0.717) is 36.9 Å². The van der Waals surface area contributed by atoms with E-state index in [1.54, 1.807) is 0 Å². The molecule has 4 saturated carbocycles. The average molecular weight is 471 g/mol. The van der Waals surface area contributed by atoms with E-state index < -0.39 is 11.4 Å². The van der Waals surface area contributed by atoms with E-state index in [-0.39, 0.29) is 39.6 Å². The molecule has 0 radical (unpaired) electrons. The summed E-state index contributed by atoms with van der Waals surface area (Å²) in [6.45, 7) is 14.0. The predicted octanol–water partition coefficient (Wildman–Crippen LogP) is 6.41. The summed E-state index contributed by atoms with van der Waals surface area (Å²) < 4.78 is 0. The molecule has 0 aromatic rings. The molecule has 5 aliphatic carbocycles. The zero-order valence-electron chi connectivity index (χ0n) is 22.3. The number of hydrogen-bond acceptors (Lipinski definition) is 3. The van der Waals surface area contributed by atoms with Crippen molar-refractivity contribution in [1.82, 2.24) is 0 Å². The van der Waals surface area contributed by atoms with Crippen molar-refractivity contribution in [1.29, 1.82) is 0 Å². The van der Waals surface area contributed by atoms with Gasteiger partial charge in [0.15, 0.2) is 0 Å². The van der Waals surface area contributed by atoms with Crippen molar-refractivity contribution in [2.45, 2.75) is 106 Å². The third-order valence-electron chi connectivity index (χ3n) is 13.2. The van der Waals surface area contributed by atoms with E-state index >= 15 is 0 Å². The monoisotopic (exact) mass is 470 g/mol. The van der Waals surface area contributed by atoms with Crippen LogP contribution in [0.5, 0.6) is 0 Å². The van der Waals surface area contributed by atoms with Crippen LogP contribution in [0.25, 0.3) is 0 Å². The second kappa shape index (κ2) is 7.20. The van der Waals surface area contributed by atoms with Crippen molar-refractivity contribution in [3.63, 3.8) is 0 Å². The molecule has 0 aromatic heterocycles. The fourth-order valence-corrected chi connectivity index (χ4v) is 10.5. The number of rotatable bonds is 2. The largest absolute Gasteiger partial charge is 0.481 e. The smallest absolute Gasteiger partial charge is 0.309 e. The van der Waals surface area contributed by atoms with Gasteiger partial charge in [0.05, 0.1) is 5.41 Å². The molecule has 0 spiro atoms. The number of aliphatic hydroxyl groups excluding tert-OH is 1. The maximum atomic E-state index is 12.9. The first-order valence-electron chi connectivity index (χ1n) is 13.8. The number of carbonyl (C=O) groups is 2. The molecule has 0 saturated heterocycles. The Balaban J connectivity index is 1.59. The lowest BCUT2D eigenvalue weighted by Crippen LogP contribution is -2.64. The van der Waals surface area contributed by atoms with Crippen LogP contribution in [0.15, 0.2) is 11.6 Å². The molecule has 0 aliphatic heterocycles. The second-order valence-corrected chi connectivity index (χ2v) is 14.6. The van der Waals surface area contributed by atoms with Gasteiger partial charge < -0.3 is 10.2 Å². The Kier molecular flexibility index (Phi) is 5.20. The van der Waals surface area contributed by atoms with Crippen molar-refractivity contribution >= 4 is 11.8 Å². The van der Waals surface area contributed by atoms with Crippen LogP contribution >= 0.6 is 0 Å². The molecule has 4 heteroatoms. The van der Waals surface area contributed by atoms with Crippen molar-refractivity contribution in [2.24, 2.45) is 50.2 Å². The Bertz CT molecular complexity index is 949. The average Bonchev–Trinajstić information content (AvgIpc) is 2.77. The molecule has 0 bridgehead atoms. The van der Waals surface area contributed by atoms with Gasteiger partial charge >= 0.3 is 5.97 Å². The van der Waals surface area contributed by atoms with Crippen LogP contribution in [-0.2, 0) is 9.59 Å². The van der Waals surface area contributed by atoms with Crippen LogP contribution < -0.4 is 0 Å². The number of carbonyl (C=O) groups excluding carboxylic acids is 1. The van der Waals surface area contributed by atoms with E-state index in [2.05, 4.69) is 40.7 Å². The van der Waals surface area contributed by atoms with Crippen molar-refractivity contribution in [2.75, 3.05) is 6.61 Å². The minimum Gasteiger partial charge on any atom is -0.481 e. The number of carboxylic acid groups (broad SMARTS) is 1. The zero-order chi connectivity index (χ0) is 24.9. The standard InChI is InChI=1S/C30H46O4/c1-25(2)21-9-12-29(6)22(27(21,4)11-10-23(25)32)8-7-19-20-17-26(3,24(33)34)13-15-30(20,18-31)16-14-28(19,29)5/h7,20-22,31H,8-18H2,1-6H3,(H,33,34)/t20-,21+,22+,26-,27+,28-,29-,30-/m0/s1. The van der Waals surface area contributed by atoms with Gasteiger partial charge in [0.25, 0.3) is 0 Å². The number of carboxylic acids is 1. The fraction of sp³-hybridized carbons (Fsp3) is 0.867. The van der Waals surface area contributed by atoms with Gasteiger partial charge in [-0.2, -0.15) is 0 Å². The van der Waals surface area contributed by atoms with Crippen LogP contribution in [0, 0.1) is 50.2 Å². The van der Waals surface area contributed by atoms with Crippen LogP contribution in [0.3, 0.4) is 0 Å². The molecular formula is C30H46O4. The molecule has 0 aromatic carbocycles. The highest BCUT2D eigenvalue weighted by Gasteiger charge is 2.68. The second-order valence-electron chi connectivity index (χ2n) is 14.6. The minimum atomic E-state index is -0.711. The van der Waals surface area contributed by atoms with Gasteiger partial charge in [-0.3, -0.25) is 9.59 Å². The third-order valence-corrected chi connectivity index (χ3v) is 13.2. The lowest BCUT2D eigenvalue weighted by molar-refractivity contribution is -0.188. The molecule has 190 valence electrons. The first kappa shape index (κ1) is 24.5. The molecule has 4 nitrogen and oxygen atoms in total. The van der Waals surface area contributed by atoms with E-state index in [1.807, 2.05) is 6.92 Å². The maximum absolute atomic E-state index is 12.9. The van der Waals surface area contributed by atoms with E-state index in [1.165, 1.54) is 5.57 Å². The highest BCUT2D eigenvalue weighted by Crippen LogP contribution is 2.75. The topological polar surface area (TPSA) is 74.6 Å². The summed E-state index contributed by atoms with van der Waals surface area (Å²) in [5.74, 6) is 0.879. The van der Waals surface area contributed by atoms with E-state index in [4.69, 9.17) is 0 Å². The third kappa shape index (κ3) is 2.81. The summed E-state index contributed by atoms with van der Waals surface area (Å²) in [6, 6.07) is 0. The summed E-state index contributed by atoms with van der Waals surface area (Å²) in [5, 5.41) is 20.7. The number of ketones is 1. The SMILES string of the molecule is CC1(C)C(=O)CC[C@]2(C)[C@@H]1CC[C@@]1(C)[C@@H]2CC=C2[C@@H]3C[C@@](C)(C(=O)O)CC[C@@]3(CO)CC[C@@]21C. The number of aliphatic hydroxyl groups is 1. The lowest BCUT2D eigenvalue weighted by atomic mass is 9.33. The number of hydrogen-bond donors (Lipinski definition) is 2. The van der Waals surface area contributed by atoms with Crippen molar-refractivity contribution < 1.29 is 19.8 Å². The molecule has 34 heavy (non-hydrogen) atoms. The van der Waals surface area contributed by atoms with Gasteiger partial charge in [-0.05, 0) is 98.7 Å². The number of Topliss-reactive ketones (excluding diaryl/α,β-unsaturated/α-hetero) is 1. The van der Waals surface area contributed by atoms with Crippen LogP contribution in [-0.4, -0.2) is 28.6 Å². The molecule has 2 N–H and O–H groups in total. The molecule has 0 amide bonds. The summed E-state index contributed by atoms with van der Waals surface area (Å²) >= 11 is 0. The Morgan fingerprint density at radius 2 is 1.65 bits per heavy atom. The van der Waals surface area contributed by atoms with Crippen LogP contribution in [0.1, 0.15) is 106 Å². The van der Waals surface area contributed by atoms with Gasteiger partial charge in [0.1, 0.15) is 5.78 Å². The highest BCUT2D eigenvalue weighted by molar-refractivity contribution is 5.85.